The maximum absolute atomic E-state index is 5.00. The first kappa shape index (κ1) is 14.4. The van der Waals surface area contributed by atoms with Crippen LogP contribution in [0.5, 0.6) is 0 Å². The summed E-state index contributed by atoms with van der Waals surface area (Å²) in [6.07, 6.45) is 3.40. The highest BCUT2D eigenvalue weighted by Gasteiger charge is 2.20. The average Bonchev–Trinajstić information content (AvgIpc) is 2.62. The molecule has 0 atom stereocenters. The molecule has 23 heavy (non-hydrogen) atoms. The fourth-order valence-electron chi connectivity index (χ4n) is 3.66. The fourth-order valence-corrected chi connectivity index (χ4v) is 3.66. The van der Waals surface area contributed by atoms with Gasteiger partial charge in [-0.2, -0.15) is 0 Å². The van der Waals surface area contributed by atoms with Crippen LogP contribution in [0.2, 0.25) is 0 Å². The molecule has 0 saturated carbocycles. The van der Waals surface area contributed by atoms with Crippen molar-refractivity contribution < 1.29 is 0 Å². The number of hydrogen-bond donors (Lipinski definition) is 1. The van der Waals surface area contributed by atoms with E-state index in [2.05, 4.69) is 60.8 Å². The van der Waals surface area contributed by atoms with E-state index in [1.54, 1.807) is 5.57 Å². The molecule has 4 rings (SSSR count). The summed E-state index contributed by atoms with van der Waals surface area (Å²) in [6, 6.07) is 17.2. The number of rotatable bonds is 2. The predicted octanol–water partition coefficient (Wildman–Crippen LogP) is 4.49. The standard InChI is InChI=1S/C21H22N2/c1-15-18(16-6-3-2-4-7-16)8-5-9-19(15)20-11-10-17-12-13-22-14-21(17)23-20/h2-9,22H,10-14H2,1H3. The third-order valence-corrected chi connectivity index (χ3v) is 4.97. The van der Waals surface area contributed by atoms with Gasteiger partial charge in [-0.05, 0) is 60.6 Å². The molecule has 2 aliphatic heterocycles. The molecule has 0 aromatic heterocycles. The molecule has 0 saturated heterocycles. The molecule has 2 aromatic rings. The van der Waals surface area contributed by atoms with Gasteiger partial charge in [-0.25, -0.2) is 0 Å². The van der Waals surface area contributed by atoms with Crippen molar-refractivity contribution in [1.29, 1.82) is 0 Å². The van der Waals surface area contributed by atoms with Crippen LogP contribution in [0.3, 0.4) is 0 Å². The monoisotopic (exact) mass is 302 g/mol. The van der Waals surface area contributed by atoms with Crippen molar-refractivity contribution in [1.82, 2.24) is 5.32 Å². The molecule has 0 unspecified atom stereocenters. The van der Waals surface area contributed by atoms with Gasteiger partial charge in [0.25, 0.3) is 0 Å². The predicted molar refractivity (Wildman–Crippen MR) is 96.9 cm³/mol. The Balaban J connectivity index is 1.76. The molecular formula is C21H22N2. The lowest BCUT2D eigenvalue weighted by atomic mass is 9.89. The third-order valence-electron chi connectivity index (χ3n) is 4.97. The highest BCUT2D eigenvalue weighted by atomic mass is 14.9. The summed E-state index contributed by atoms with van der Waals surface area (Å²) in [4.78, 5) is 5.00. The molecule has 0 bridgehead atoms. The van der Waals surface area contributed by atoms with Gasteiger partial charge < -0.3 is 5.32 Å². The Morgan fingerprint density at radius 2 is 1.70 bits per heavy atom. The number of nitrogens with zero attached hydrogens (tertiary/aromatic N) is 1. The Hall–Kier alpha value is -2.19. The van der Waals surface area contributed by atoms with Crippen LogP contribution in [0, 0.1) is 6.92 Å². The molecule has 1 N–H and O–H groups in total. The summed E-state index contributed by atoms with van der Waals surface area (Å²) >= 11 is 0. The average molecular weight is 302 g/mol. The Labute approximate surface area is 138 Å². The molecule has 0 radical (unpaired) electrons. The van der Waals surface area contributed by atoms with Gasteiger partial charge in [0, 0.05) is 12.3 Å². The van der Waals surface area contributed by atoms with Gasteiger partial charge in [0.2, 0.25) is 0 Å². The highest BCUT2D eigenvalue weighted by Crippen LogP contribution is 2.30. The van der Waals surface area contributed by atoms with E-state index < -0.39 is 0 Å². The molecular weight excluding hydrogens is 280 g/mol. The molecule has 2 nitrogen and oxygen atoms in total. The summed E-state index contributed by atoms with van der Waals surface area (Å²) in [5.74, 6) is 0. The number of nitrogens with one attached hydrogen (secondary N) is 1. The van der Waals surface area contributed by atoms with Crippen LogP contribution >= 0.6 is 0 Å². The Kier molecular flexibility index (Phi) is 3.84. The second-order valence-corrected chi connectivity index (χ2v) is 6.38. The minimum Gasteiger partial charge on any atom is -0.311 e. The van der Waals surface area contributed by atoms with Gasteiger partial charge in [-0.3, -0.25) is 4.99 Å². The minimum absolute atomic E-state index is 0.927. The van der Waals surface area contributed by atoms with Crippen molar-refractivity contribution in [3.8, 4) is 11.1 Å². The number of benzene rings is 2. The van der Waals surface area contributed by atoms with Crippen LogP contribution in [0.1, 0.15) is 30.4 Å². The van der Waals surface area contributed by atoms with E-state index in [1.807, 2.05) is 0 Å². The summed E-state index contributed by atoms with van der Waals surface area (Å²) in [5, 5.41) is 3.44. The second kappa shape index (κ2) is 6.13. The molecule has 0 spiro atoms. The third kappa shape index (κ3) is 2.75. The zero-order valence-corrected chi connectivity index (χ0v) is 13.6. The molecule has 2 heteroatoms. The summed E-state index contributed by atoms with van der Waals surface area (Å²) in [7, 11) is 0. The topological polar surface area (TPSA) is 24.4 Å². The molecule has 2 heterocycles. The van der Waals surface area contributed by atoms with Crippen LogP contribution < -0.4 is 5.32 Å². The van der Waals surface area contributed by atoms with E-state index in [-0.39, 0.29) is 0 Å². The molecule has 0 amide bonds. The van der Waals surface area contributed by atoms with E-state index in [0.717, 1.165) is 25.9 Å². The molecule has 0 fully saturated rings. The minimum atomic E-state index is 0.927. The van der Waals surface area contributed by atoms with Gasteiger partial charge in [-0.15, -0.1) is 0 Å². The van der Waals surface area contributed by atoms with Crippen molar-refractivity contribution in [2.75, 3.05) is 13.1 Å². The quantitative estimate of drug-likeness (QED) is 0.868. The summed E-state index contributed by atoms with van der Waals surface area (Å²) in [5.41, 5.74) is 9.33. The second-order valence-electron chi connectivity index (χ2n) is 6.38. The zero-order chi connectivity index (χ0) is 15.6. The normalized spacial score (nSPS) is 17.7. The van der Waals surface area contributed by atoms with Gasteiger partial charge in [0.1, 0.15) is 0 Å². The Morgan fingerprint density at radius 1 is 0.870 bits per heavy atom. The number of aliphatic imine (C=N–C) groups is 1. The lowest BCUT2D eigenvalue weighted by molar-refractivity contribution is 0.644. The largest absolute Gasteiger partial charge is 0.311 e. The van der Waals surface area contributed by atoms with Gasteiger partial charge >= 0.3 is 0 Å². The van der Waals surface area contributed by atoms with E-state index in [1.165, 1.54) is 40.1 Å². The van der Waals surface area contributed by atoms with Gasteiger partial charge in [-0.1, -0.05) is 48.5 Å². The van der Waals surface area contributed by atoms with Crippen molar-refractivity contribution in [3.05, 3.63) is 70.9 Å². The Bertz CT molecular complexity index is 785. The lowest BCUT2D eigenvalue weighted by Gasteiger charge is -2.25. The van der Waals surface area contributed by atoms with Crippen molar-refractivity contribution in [2.24, 2.45) is 4.99 Å². The first-order valence-corrected chi connectivity index (χ1v) is 8.47. The maximum Gasteiger partial charge on any atom is 0.0537 e. The molecule has 2 aliphatic rings. The molecule has 116 valence electrons. The van der Waals surface area contributed by atoms with Crippen LogP contribution in [-0.4, -0.2) is 18.8 Å². The lowest BCUT2D eigenvalue weighted by Crippen LogP contribution is -2.27. The number of hydrogen-bond acceptors (Lipinski definition) is 2. The van der Waals surface area contributed by atoms with Crippen molar-refractivity contribution >= 4 is 5.71 Å². The smallest absolute Gasteiger partial charge is 0.0537 e. The van der Waals surface area contributed by atoms with Gasteiger partial charge in [0.05, 0.1) is 5.70 Å². The SMILES string of the molecule is Cc1c(C2=NC3=C(CCNC3)CC2)cccc1-c1ccccc1. The van der Waals surface area contributed by atoms with Crippen molar-refractivity contribution in [2.45, 2.75) is 26.2 Å². The fraction of sp³-hybridized carbons (Fsp3) is 0.286. The van der Waals surface area contributed by atoms with E-state index >= 15 is 0 Å². The molecule has 0 aliphatic carbocycles. The maximum atomic E-state index is 5.00. The van der Waals surface area contributed by atoms with E-state index in [4.69, 9.17) is 4.99 Å². The van der Waals surface area contributed by atoms with Gasteiger partial charge in [0.15, 0.2) is 0 Å². The van der Waals surface area contributed by atoms with E-state index in [0.29, 0.717) is 0 Å². The van der Waals surface area contributed by atoms with E-state index in [9.17, 15) is 0 Å². The zero-order valence-electron chi connectivity index (χ0n) is 13.6. The van der Waals surface area contributed by atoms with Crippen LogP contribution in [-0.2, 0) is 0 Å². The van der Waals surface area contributed by atoms with Crippen molar-refractivity contribution in [3.63, 3.8) is 0 Å². The Morgan fingerprint density at radius 3 is 2.57 bits per heavy atom. The first-order chi connectivity index (χ1) is 11.3. The summed E-state index contributed by atoms with van der Waals surface area (Å²) in [6.45, 7) is 4.26. The van der Waals surface area contributed by atoms with Crippen LogP contribution in [0.4, 0.5) is 0 Å². The highest BCUT2D eigenvalue weighted by molar-refractivity contribution is 6.04. The van der Waals surface area contributed by atoms with Crippen LogP contribution in [0.25, 0.3) is 11.1 Å². The van der Waals surface area contributed by atoms with Crippen LogP contribution in [0.15, 0.2) is 64.8 Å². The summed E-state index contributed by atoms with van der Waals surface area (Å²) < 4.78 is 0. The first-order valence-electron chi connectivity index (χ1n) is 8.47. The molecule has 2 aromatic carbocycles.